The summed E-state index contributed by atoms with van der Waals surface area (Å²) in [5, 5.41) is 23.8. The number of ether oxygens (including phenoxy) is 1. The van der Waals surface area contributed by atoms with Crippen LogP contribution in [0, 0.1) is 25.6 Å². The molecule has 0 bridgehead atoms. The molecule has 9 aromatic rings. The maximum Gasteiger partial charge on any atom is 0.267 e. The van der Waals surface area contributed by atoms with E-state index in [2.05, 4.69) is 116 Å². The molecule has 86 heavy (non-hydrogen) atoms. The molecular weight excluding hydrogens is 1100 g/mol. The third-order valence-electron chi connectivity index (χ3n) is 14.5. The number of aromatic amines is 1. The topological polar surface area (TPSA) is 165 Å². The number of benzene rings is 7. The van der Waals surface area contributed by atoms with Crippen molar-refractivity contribution in [2.45, 2.75) is 65.1 Å². The van der Waals surface area contributed by atoms with Crippen LogP contribution >= 0.6 is 11.6 Å². The van der Waals surface area contributed by atoms with Crippen LogP contribution in [0.4, 0.5) is 4.39 Å². The molecular formula is C72H71ClFN7O5. The lowest BCUT2D eigenvalue weighted by Gasteiger charge is -2.34. The zero-order valence-electron chi connectivity index (χ0n) is 48.3. The van der Waals surface area contributed by atoms with Crippen LogP contribution in [-0.2, 0) is 38.8 Å². The van der Waals surface area contributed by atoms with Gasteiger partial charge in [-0.2, -0.15) is 0 Å². The van der Waals surface area contributed by atoms with Crippen LogP contribution in [0.25, 0.3) is 17.0 Å². The lowest BCUT2D eigenvalue weighted by molar-refractivity contribution is 0.0948. The van der Waals surface area contributed by atoms with Crippen molar-refractivity contribution in [3.8, 4) is 11.5 Å². The van der Waals surface area contributed by atoms with Crippen LogP contribution < -0.4 is 26.0 Å². The first-order chi connectivity index (χ1) is 42.0. The molecule has 12 rings (SSSR count). The molecule has 1 fully saturated rings. The highest BCUT2D eigenvalue weighted by molar-refractivity contribution is 6.30. The average molecular weight is 1170 g/mol. The van der Waals surface area contributed by atoms with Crippen LogP contribution in [-0.4, -0.2) is 59.4 Å². The van der Waals surface area contributed by atoms with E-state index in [1.54, 1.807) is 36.6 Å². The lowest BCUT2D eigenvalue weighted by Crippen LogP contribution is -2.58. The molecule has 12 nitrogen and oxygen atoms in total. The van der Waals surface area contributed by atoms with E-state index in [0.29, 0.717) is 61.8 Å². The minimum atomic E-state index is -0.231. The van der Waals surface area contributed by atoms with Crippen molar-refractivity contribution in [3.63, 3.8) is 0 Å². The van der Waals surface area contributed by atoms with Crippen molar-refractivity contribution in [3.05, 3.63) is 291 Å². The Morgan fingerprint density at radius 3 is 2.29 bits per heavy atom. The molecule has 2 unspecified atom stereocenters. The third-order valence-corrected chi connectivity index (χ3v) is 14.7. The summed E-state index contributed by atoms with van der Waals surface area (Å²) in [6, 6.07) is 57.8. The number of fused-ring (bicyclic) bond motifs is 3. The largest absolute Gasteiger partial charge is 0.508 e. The van der Waals surface area contributed by atoms with Gasteiger partial charge in [-0.15, -0.1) is 0 Å². The summed E-state index contributed by atoms with van der Waals surface area (Å²) in [5.74, 6) is 3.47. The van der Waals surface area contributed by atoms with Gasteiger partial charge in [-0.3, -0.25) is 14.6 Å². The van der Waals surface area contributed by atoms with Crippen LogP contribution in [0.2, 0.25) is 5.02 Å². The molecule has 2 atom stereocenters. The number of carbonyl (C=O) groups excluding carboxylic acids is 2. The quantitative estimate of drug-likeness (QED) is 0.0494. The molecule has 2 aromatic heterocycles. The molecule has 1 saturated heterocycles. The second kappa shape index (κ2) is 31.3. The number of guanidine groups is 1. The average Bonchev–Trinajstić information content (AvgIpc) is 3.53. The van der Waals surface area contributed by atoms with Gasteiger partial charge in [0.05, 0.1) is 18.2 Å². The molecule has 3 aliphatic rings. The van der Waals surface area contributed by atoms with E-state index >= 15 is 0 Å². The number of halogens is 2. The second-order valence-electron chi connectivity index (χ2n) is 20.9. The molecule has 0 saturated carbocycles. The van der Waals surface area contributed by atoms with Crippen molar-refractivity contribution in [1.29, 1.82) is 0 Å². The number of nitrogens with zero attached hydrogens (tertiary/aromatic N) is 2. The maximum absolute atomic E-state index is 13.1. The highest BCUT2D eigenvalue weighted by atomic mass is 35.5. The number of carbonyl (C=O) groups is 2. The number of hydrogen-bond acceptors (Lipinski definition) is 7. The Balaban J connectivity index is 0.000000139. The monoisotopic (exact) mass is 1170 g/mol. The Hall–Kier alpha value is -9.72. The lowest BCUT2D eigenvalue weighted by atomic mass is 9.92. The van der Waals surface area contributed by atoms with Crippen molar-refractivity contribution in [2.75, 3.05) is 19.6 Å². The van der Waals surface area contributed by atoms with E-state index in [1.807, 2.05) is 105 Å². The number of aromatic nitrogens is 1. The Bertz CT molecular complexity index is 3750. The number of aliphatic imine (C=N–C) groups is 2. The highest BCUT2D eigenvalue weighted by Gasteiger charge is 2.30. The maximum atomic E-state index is 13.1. The number of phenolic OH excluding ortho intramolecular Hbond substituents is 1. The van der Waals surface area contributed by atoms with E-state index in [4.69, 9.17) is 25.7 Å². The van der Waals surface area contributed by atoms with Crippen LogP contribution in [0.3, 0.4) is 0 Å². The highest BCUT2D eigenvalue weighted by Crippen LogP contribution is 2.26. The van der Waals surface area contributed by atoms with Crippen molar-refractivity contribution in [1.82, 2.24) is 26.3 Å². The number of H-pyrrole nitrogens is 1. The van der Waals surface area contributed by atoms with E-state index in [-0.39, 0.29) is 35.3 Å². The fourth-order valence-corrected chi connectivity index (χ4v) is 10.0. The van der Waals surface area contributed by atoms with Crippen LogP contribution in [0.5, 0.6) is 11.5 Å². The standard InChI is InChI=1S/C21H22N4O.C20H21N3O2.C16H14O.C15H14ClFO/c1-2-7-16(8-3-1)12-13-22-20-18-10-4-5-11-19(18)24-21(25-20)23-15-17-9-6-14-26-17;1-14-6-4-8-16(12-14)19(24)21-10-5-11-22-20(25)18-13-15-7-2-3-9-17(15)23-18;1-2-5-13(6-3-1)12-17-16-10-9-14-7-4-8-15(14)11-16;1-10-2-6-14(17)9-11(10)3-4-12-8-13(16)5-7-15(12)18/h1-11,14,18-19H,12-13,15H2,(H2,22,23,24,25);2-4,6-9,12-13,23H,5,10-11H2,1H3,(H,21,24)(H,22,25);1-7,9-11H,8,12H2;2,5-9,18H,3-4H2,1H3. The summed E-state index contributed by atoms with van der Waals surface area (Å²) >= 11 is 5.88. The van der Waals surface area contributed by atoms with Crippen molar-refractivity contribution < 1.29 is 28.2 Å². The number of para-hydroxylation sites is 1. The molecule has 6 N–H and O–H groups in total. The van der Waals surface area contributed by atoms with Crippen molar-refractivity contribution >= 4 is 52.2 Å². The van der Waals surface area contributed by atoms with E-state index < -0.39 is 0 Å². The smallest absolute Gasteiger partial charge is 0.267 e. The Kier molecular flexibility index (Phi) is 22.1. The number of rotatable bonds is 17. The number of hydrogen-bond donors (Lipinski definition) is 6. The predicted octanol–water partition coefficient (Wildman–Crippen LogP) is 14.2. The number of aromatic hydroxyl groups is 1. The van der Waals surface area contributed by atoms with Gasteiger partial charge in [-0.25, -0.2) is 9.38 Å². The van der Waals surface area contributed by atoms with E-state index in [0.717, 1.165) is 75.8 Å². The number of aryl methyl sites for hydroxylation is 4. The minimum Gasteiger partial charge on any atom is -0.508 e. The summed E-state index contributed by atoms with van der Waals surface area (Å²) in [4.78, 5) is 36.7. The molecule has 14 heteroatoms. The second-order valence-corrected chi connectivity index (χ2v) is 21.4. The molecule has 2 aliphatic carbocycles. The molecule has 0 radical (unpaired) electrons. The number of nitrogens with one attached hydrogen (secondary N) is 5. The first-order valence-electron chi connectivity index (χ1n) is 28.9. The fraction of sp³-hybridized carbons (Fsp3) is 0.194. The van der Waals surface area contributed by atoms with Gasteiger partial charge in [0.15, 0.2) is 5.96 Å². The van der Waals surface area contributed by atoms with E-state index in [1.165, 1.54) is 34.4 Å². The van der Waals surface area contributed by atoms with Crippen molar-refractivity contribution in [2.24, 2.45) is 15.9 Å². The van der Waals surface area contributed by atoms with Gasteiger partial charge in [-0.1, -0.05) is 157 Å². The molecule has 1 aliphatic heterocycles. The number of phenols is 1. The summed E-state index contributed by atoms with van der Waals surface area (Å²) in [7, 11) is 0. The first-order valence-corrected chi connectivity index (χ1v) is 29.3. The first kappa shape index (κ1) is 60.9. The van der Waals surface area contributed by atoms with E-state index in [9.17, 15) is 19.1 Å². The molecule has 3 heterocycles. The molecule has 438 valence electrons. The normalized spacial score (nSPS) is 15.1. The number of allylic oxidation sites excluding steroid dienone is 3. The Labute approximate surface area is 507 Å². The van der Waals surface area contributed by atoms with Crippen LogP contribution in [0.15, 0.2) is 233 Å². The van der Waals surface area contributed by atoms with Gasteiger partial charge in [-0.05, 0) is 164 Å². The zero-order chi connectivity index (χ0) is 59.9. The summed E-state index contributed by atoms with van der Waals surface area (Å²) in [5.41, 5.74) is 11.2. The molecule has 2 amide bonds. The van der Waals surface area contributed by atoms with Gasteiger partial charge < -0.3 is 40.5 Å². The predicted molar refractivity (Wildman–Crippen MR) is 345 cm³/mol. The Morgan fingerprint density at radius 1 is 0.733 bits per heavy atom. The zero-order valence-corrected chi connectivity index (χ0v) is 49.1. The van der Waals surface area contributed by atoms with Gasteiger partial charge in [0.1, 0.15) is 47.8 Å². The molecule has 0 spiro atoms. The number of furan rings is 1. The SMILES string of the molecule is C1=CC2NC(=NCc3ccco3)NC(=NCCc3ccccc3)C2C=C1.C1=Cc2ccc(OCc3ccccc3)cc2C1.Cc1ccc(F)cc1CCc1cc(Cl)ccc1O.Cc1cccc(C(=O)NCCCNC(=O)c2cc3ccccc3[nH]2)c1. The fourth-order valence-electron chi connectivity index (χ4n) is 9.81. The van der Waals surface area contributed by atoms with Gasteiger partial charge >= 0.3 is 0 Å². The van der Waals surface area contributed by atoms with Gasteiger partial charge in [0.2, 0.25) is 0 Å². The number of amides is 2. The Morgan fingerprint density at radius 2 is 1.50 bits per heavy atom. The van der Waals surface area contributed by atoms with Crippen LogP contribution in [0.1, 0.15) is 77.5 Å². The van der Waals surface area contributed by atoms with Gasteiger partial charge in [0, 0.05) is 41.1 Å². The summed E-state index contributed by atoms with van der Waals surface area (Å²) in [6.07, 6.45) is 18.4. The number of amidine groups is 1. The summed E-state index contributed by atoms with van der Waals surface area (Å²) < 4.78 is 24.3. The minimum absolute atomic E-state index is 0.0920. The third kappa shape index (κ3) is 18.4. The molecule has 7 aromatic carbocycles. The summed E-state index contributed by atoms with van der Waals surface area (Å²) in [6.45, 7) is 6.80. The van der Waals surface area contributed by atoms with Gasteiger partial charge in [0.25, 0.3) is 11.8 Å².